The number of amides is 4. The average Bonchev–Trinajstić information content (AvgIpc) is 3.39. The molecule has 0 bridgehead atoms. The van der Waals surface area contributed by atoms with Gasteiger partial charge in [0.1, 0.15) is 12.3 Å². The zero-order valence-corrected chi connectivity index (χ0v) is 22.6. The summed E-state index contributed by atoms with van der Waals surface area (Å²) in [5.74, 6) is -1.64. The standard InChI is InChI=1S/C31H34N4O6/c36-20-25(17-24-13-15-32-29(24)38)34-28(37)19-33-30(39)27(18-23-11-6-10-22-9-4-5-12-26(22)23)35-31(40)41-16-14-21-7-2-1-3-8-21/h1-12,20,24-25,27H,13-19H2,(H,32,38)(H,33,39)(H,34,37)(H,35,40)/t24-,25?,27?/m0/s1. The van der Waals surface area contributed by atoms with Crippen molar-refractivity contribution in [2.75, 3.05) is 19.7 Å². The fraction of sp³-hybridized carbons (Fsp3) is 0.323. The third-order valence-corrected chi connectivity index (χ3v) is 7.01. The number of nitrogens with one attached hydrogen (secondary N) is 4. The Bertz CT molecular complexity index is 1370. The minimum Gasteiger partial charge on any atom is -0.449 e. The Hall–Kier alpha value is -4.73. The fourth-order valence-electron chi connectivity index (χ4n) is 4.86. The molecule has 3 aromatic carbocycles. The monoisotopic (exact) mass is 558 g/mol. The molecule has 0 spiro atoms. The zero-order valence-electron chi connectivity index (χ0n) is 22.6. The van der Waals surface area contributed by atoms with E-state index in [0.29, 0.717) is 25.7 Å². The van der Waals surface area contributed by atoms with Gasteiger partial charge in [0, 0.05) is 25.3 Å². The van der Waals surface area contributed by atoms with Gasteiger partial charge in [-0.1, -0.05) is 72.8 Å². The van der Waals surface area contributed by atoms with Gasteiger partial charge in [-0.05, 0) is 34.7 Å². The predicted molar refractivity (Wildman–Crippen MR) is 153 cm³/mol. The summed E-state index contributed by atoms with van der Waals surface area (Å²) in [6.07, 6.45) is 1.31. The first-order valence-electron chi connectivity index (χ1n) is 13.7. The maximum Gasteiger partial charge on any atom is 0.407 e. The molecule has 4 rings (SSSR count). The summed E-state index contributed by atoms with van der Waals surface area (Å²) < 4.78 is 5.34. The van der Waals surface area contributed by atoms with Gasteiger partial charge in [0.15, 0.2) is 0 Å². The maximum absolute atomic E-state index is 13.2. The Labute approximate surface area is 238 Å². The van der Waals surface area contributed by atoms with Crippen molar-refractivity contribution in [3.8, 4) is 0 Å². The number of ether oxygens (including phenoxy) is 1. The molecule has 1 saturated heterocycles. The molecule has 1 fully saturated rings. The topological polar surface area (TPSA) is 143 Å². The van der Waals surface area contributed by atoms with Crippen molar-refractivity contribution in [1.82, 2.24) is 21.3 Å². The number of rotatable bonds is 13. The largest absolute Gasteiger partial charge is 0.449 e. The van der Waals surface area contributed by atoms with E-state index >= 15 is 0 Å². The molecule has 4 N–H and O–H groups in total. The quantitative estimate of drug-likeness (QED) is 0.237. The van der Waals surface area contributed by atoms with E-state index in [2.05, 4.69) is 21.3 Å². The van der Waals surface area contributed by atoms with E-state index in [-0.39, 0.29) is 31.3 Å². The Morgan fingerprint density at radius 2 is 1.73 bits per heavy atom. The summed E-state index contributed by atoms with van der Waals surface area (Å²) >= 11 is 0. The predicted octanol–water partition coefficient (Wildman–Crippen LogP) is 2.05. The van der Waals surface area contributed by atoms with E-state index in [1.54, 1.807) is 0 Å². The average molecular weight is 559 g/mol. The van der Waals surface area contributed by atoms with Gasteiger partial charge in [0.25, 0.3) is 0 Å². The molecule has 3 aromatic rings. The van der Waals surface area contributed by atoms with Crippen LogP contribution in [0.5, 0.6) is 0 Å². The van der Waals surface area contributed by atoms with E-state index in [1.807, 2.05) is 72.8 Å². The molecule has 0 saturated carbocycles. The van der Waals surface area contributed by atoms with Crippen LogP contribution in [0.3, 0.4) is 0 Å². The highest BCUT2D eigenvalue weighted by atomic mass is 16.5. The molecule has 2 unspecified atom stereocenters. The van der Waals surface area contributed by atoms with Gasteiger partial charge in [-0.25, -0.2) is 4.79 Å². The SMILES string of the molecule is O=CC(C[C@@H]1CCNC1=O)NC(=O)CNC(=O)C(Cc1cccc2ccccc12)NC(=O)OCCc1ccccc1. The number of fused-ring (bicyclic) bond motifs is 1. The lowest BCUT2D eigenvalue weighted by molar-refractivity contribution is -0.128. The first-order chi connectivity index (χ1) is 19.9. The highest BCUT2D eigenvalue weighted by Crippen LogP contribution is 2.20. The number of hydrogen-bond donors (Lipinski definition) is 4. The van der Waals surface area contributed by atoms with Crippen LogP contribution in [0.2, 0.25) is 0 Å². The molecule has 1 aliphatic rings. The molecular weight excluding hydrogens is 524 g/mol. The molecule has 3 atom stereocenters. The Morgan fingerprint density at radius 1 is 0.976 bits per heavy atom. The smallest absolute Gasteiger partial charge is 0.407 e. The molecule has 0 radical (unpaired) electrons. The van der Waals surface area contributed by atoms with Crippen LogP contribution >= 0.6 is 0 Å². The van der Waals surface area contributed by atoms with Gasteiger partial charge in [-0.2, -0.15) is 0 Å². The van der Waals surface area contributed by atoms with Gasteiger partial charge in [0.2, 0.25) is 17.7 Å². The van der Waals surface area contributed by atoms with Gasteiger partial charge < -0.3 is 30.8 Å². The van der Waals surface area contributed by atoms with Gasteiger partial charge >= 0.3 is 6.09 Å². The Morgan fingerprint density at radius 3 is 2.49 bits per heavy atom. The van der Waals surface area contributed by atoms with Crippen LogP contribution in [0.25, 0.3) is 10.8 Å². The molecule has 0 aliphatic carbocycles. The molecule has 1 heterocycles. The van der Waals surface area contributed by atoms with Crippen LogP contribution in [0.15, 0.2) is 72.8 Å². The van der Waals surface area contributed by atoms with E-state index in [1.165, 1.54) is 0 Å². The van der Waals surface area contributed by atoms with Crippen molar-refractivity contribution in [2.45, 2.75) is 37.8 Å². The lowest BCUT2D eigenvalue weighted by Gasteiger charge is -2.20. The summed E-state index contributed by atoms with van der Waals surface area (Å²) in [5, 5.41) is 12.4. The van der Waals surface area contributed by atoms with Crippen molar-refractivity contribution in [1.29, 1.82) is 0 Å². The summed E-state index contributed by atoms with van der Waals surface area (Å²) in [7, 11) is 0. The van der Waals surface area contributed by atoms with Gasteiger partial charge in [0.05, 0.1) is 19.2 Å². The van der Waals surface area contributed by atoms with Crippen LogP contribution in [0.1, 0.15) is 24.0 Å². The first-order valence-corrected chi connectivity index (χ1v) is 13.7. The van der Waals surface area contributed by atoms with E-state index < -0.39 is 36.5 Å². The lowest BCUT2D eigenvalue weighted by atomic mass is 9.98. The second-order valence-electron chi connectivity index (χ2n) is 9.95. The number of benzene rings is 3. The van der Waals surface area contributed by atoms with Crippen LogP contribution in [0.4, 0.5) is 4.79 Å². The molecule has 41 heavy (non-hydrogen) atoms. The van der Waals surface area contributed by atoms with Crippen LogP contribution < -0.4 is 21.3 Å². The summed E-state index contributed by atoms with van der Waals surface area (Å²) in [5.41, 5.74) is 1.85. The van der Waals surface area contributed by atoms with Gasteiger partial charge in [-0.15, -0.1) is 0 Å². The zero-order chi connectivity index (χ0) is 29.0. The number of hydrogen-bond acceptors (Lipinski definition) is 6. The Kier molecular flexibility index (Phi) is 10.4. The van der Waals surface area contributed by atoms with Crippen molar-refractivity contribution in [3.05, 3.63) is 83.9 Å². The van der Waals surface area contributed by atoms with Gasteiger partial charge in [-0.3, -0.25) is 14.4 Å². The molecule has 10 nitrogen and oxygen atoms in total. The van der Waals surface area contributed by atoms with Crippen molar-refractivity contribution in [3.63, 3.8) is 0 Å². The molecule has 214 valence electrons. The highest BCUT2D eigenvalue weighted by molar-refractivity contribution is 5.92. The van der Waals surface area contributed by atoms with Crippen LogP contribution in [-0.2, 0) is 36.8 Å². The highest BCUT2D eigenvalue weighted by Gasteiger charge is 2.28. The summed E-state index contributed by atoms with van der Waals surface area (Å²) in [4.78, 5) is 61.7. The van der Waals surface area contributed by atoms with Crippen molar-refractivity contribution < 1.29 is 28.7 Å². The summed E-state index contributed by atoms with van der Waals surface area (Å²) in [6.45, 7) is 0.266. The minimum atomic E-state index is -1.03. The van der Waals surface area contributed by atoms with Crippen LogP contribution in [0, 0.1) is 5.92 Å². The van der Waals surface area contributed by atoms with Crippen molar-refractivity contribution >= 4 is 40.9 Å². The summed E-state index contributed by atoms with van der Waals surface area (Å²) in [6, 6.07) is 21.1. The molecule has 1 aliphatic heterocycles. The maximum atomic E-state index is 13.2. The second-order valence-corrected chi connectivity index (χ2v) is 9.95. The van der Waals surface area contributed by atoms with E-state index in [0.717, 1.165) is 21.9 Å². The minimum absolute atomic E-state index is 0.132. The molecule has 4 amide bonds. The van der Waals surface area contributed by atoms with Crippen molar-refractivity contribution in [2.24, 2.45) is 5.92 Å². The van der Waals surface area contributed by atoms with E-state index in [9.17, 15) is 24.0 Å². The van der Waals surface area contributed by atoms with Crippen LogP contribution in [-0.4, -0.2) is 61.9 Å². The molecule has 10 heteroatoms. The number of aldehydes is 1. The number of carbonyl (C=O) groups is 5. The Balaban J connectivity index is 1.37. The number of alkyl carbamates (subject to hydrolysis) is 1. The normalized spacial score (nSPS) is 15.8. The molecular formula is C31H34N4O6. The third-order valence-electron chi connectivity index (χ3n) is 7.01. The fourth-order valence-corrected chi connectivity index (χ4v) is 4.86. The first kappa shape index (κ1) is 29.3. The number of carbonyl (C=O) groups excluding carboxylic acids is 5. The molecule has 0 aromatic heterocycles. The van der Waals surface area contributed by atoms with E-state index in [4.69, 9.17) is 4.74 Å². The lowest BCUT2D eigenvalue weighted by Crippen LogP contribution is -2.51. The second kappa shape index (κ2) is 14.6. The third kappa shape index (κ3) is 8.63.